The third-order valence-electron chi connectivity index (χ3n) is 5.65. The number of aryl methyl sites for hydroxylation is 1. The number of ketones is 1. The average molecular weight is 389 g/mol. The van der Waals surface area contributed by atoms with Gasteiger partial charge in [0.25, 0.3) is 0 Å². The molecule has 2 aliphatic heterocycles. The van der Waals surface area contributed by atoms with Gasteiger partial charge in [0.2, 0.25) is 11.8 Å². The van der Waals surface area contributed by atoms with Crippen LogP contribution in [0.5, 0.6) is 0 Å². The SMILES string of the molecule is Cn1cc(C(=O)CC2CCCN2C(=O)C2CCCN2C(=O)CC(C)(C)C)cn1. The van der Waals surface area contributed by atoms with Crippen LogP contribution in [0.1, 0.15) is 69.7 Å². The molecule has 0 bridgehead atoms. The molecule has 7 heteroatoms. The van der Waals surface area contributed by atoms with Crippen LogP contribution >= 0.6 is 0 Å². The number of Topliss-reactive ketones (excluding diaryl/α,β-unsaturated/α-hetero) is 1. The first-order valence-corrected chi connectivity index (χ1v) is 10.3. The maximum absolute atomic E-state index is 13.3. The topological polar surface area (TPSA) is 75.5 Å². The van der Waals surface area contributed by atoms with E-state index < -0.39 is 0 Å². The lowest BCUT2D eigenvalue weighted by molar-refractivity contribution is -0.145. The van der Waals surface area contributed by atoms with Crippen LogP contribution in [0.15, 0.2) is 12.4 Å². The Kier molecular flexibility index (Phi) is 5.91. The summed E-state index contributed by atoms with van der Waals surface area (Å²) in [5.74, 6) is 0.0941. The summed E-state index contributed by atoms with van der Waals surface area (Å²) in [7, 11) is 1.78. The number of carbonyl (C=O) groups excluding carboxylic acids is 3. The number of hydrogen-bond acceptors (Lipinski definition) is 4. The van der Waals surface area contributed by atoms with Crippen molar-refractivity contribution in [3.05, 3.63) is 18.0 Å². The van der Waals surface area contributed by atoms with E-state index in [9.17, 15) is 14.4 Å². The maximum atomic E-state index is 13.3. The van der Waals surface area contributed by atoms with Crippen LogP contribution in [-0.4, -0.2) is 62.4 Å². The van der Waals surface area contributed by atoms with E-state index in [4.69, 9.17) is 0 Å². The molecule has 2 amide bonds. The third kappa shape index (κ3) is 4.62. The van der Waals surface area contributed by atoms with Crippen molar-refractivity contribution in [2.24, 2.45) is 12.5 Å². The quantitative estimate of drug-likeness (QED) is 0.726. The fourth-order valence-corrected chi connectivity index (χ4v) is 4.30. The Morgan fingerprint density at radius 3 is 2.43 bits per heavy atom. The molecule has 2 fully saturated rings. The molecule has 3 rings (SSSR count). The molecule has 0 radical (unpaired) electrons. The zero-order valence-corrected chi connectivity index (χ0v) is 17.5. The highest BCUT2D eigenvalue weighted by molar-refractivity contribution is 5.96. The molecule has 0 aromatic carbocycles. The molecule has 7 nitrogen and oxygen atoms in total. The molecule has 1 aromatic heterocycles. The highest BCUT2D eigenvalue weighted by Crippen LogP contribution is 2.29. The van der Waals surface area contributed by atoms with E-state index >= 15 is 0 Å². The molecule has 2 unspecified atom stereocenters. The van der Waals surface area contributed by atoms with Gasteiger partial charge in [0.15, 0.2) is 5.78 Å². The van der Waals surface area contributed by atoms with Gasteiger partial charge in [0, 0.05) is 45.2 Å². The normalized spacial score (nSPS) is 22.7. The van der Waals surface area contributed by atoms with E-state index in [0.29, 0.717) is 37.9 Å². The van der Waals surface area contributed by atoms with Crippen LogP contribution in [0.25, 0.3) is 0 Å². The summed E-state index contributed by atoms with van der Waals surface area (Å²) in [6.07, 6.45) is 7.37. The third-order valence-corrected chi connectivity index (χ3v) is 5.65. The van der Waals surface area contributed by atoms with Gasteiger partial charge in [-0.3, -0.25) is 19.1 Å². The smallest absolute Gasteiger partial charge is 0.245 e. The van der Waals surface area contributed by atoms with Crippen molar-refractivity contribution in [1.29, 1.82) is 0 Å². The van der Waals surface area contributed by atoms with Crippen molar-refractivity contribution in [2.75, 3.05) is 13.1 Å². The van der Waals surface area contributed by atoms with Crippen molar-refractivity contribution < 1.29 is 14.4 Å². The second kappa shape index (κ2) is 8.05. The summed E-state index contributed by atoms with van der Waals surface area (Å²) in [6.45, 7) is 7.44. The zero-order valence-electron chi connectivity index (χ0n) is 17.5. The van der Waals surface area contributed by atoms with Gasteiger partial charge in [-0.15, -0.1) is 0 Å². The zero-order chi connectivity index (χ0) is 20.5. The lowest BCUT2D eigenvalue weighted by Crippen LogP contribution is -2.50. The van der Waals surface area contributed by atoms with Gasteiger partial charge >= 0.3 is 0 Å². The molecule has 2 aliphatic rings. The molecular weight excluding hydrogens is 356 g/mol. The van der Waals surface area contributed by atoms with Crippen molar-refractivity contribution in [1.82, 2.24) is 19.6 Å². The van der Waals surface area contributed by atoms with E-state index in [-0.39, 0.29) is 35.1 Å². The highest BCUT2D eigenvalue weighted by Gasteiger charge is 2.41. The molecule has 154 valence electrons. The first-order chi connectivity index (χ1) is 13.2. The lowest BCUT2D eigenvalue weighted by atomic mass is 9.91. The van der Waals surface area contributed by atoms with Crippen LogP contribution in [-0.2, 0) is 16.6 Å². The number of amides is 2. The van der Waals surface area contributed by atoms with E-state index in [2.05, 4.69) is 5.10 Å². The molecule has 0 aliphatic carbocycles. The number of aromatic nitrogens is 2. The lowest BCUT2D eigenvalue weighted by Gasteiger charge is -2.32. The van der Waals surface area contributed by atoms with Crippen LogP contribution in [0.3, 0.4) is 0 Å². The van der Waals surface area contributed by atoms with Gasteiger partial charge in [0.05, 0.1) is 11.8 Å². The standard InChI is InChI=1S/C21H32N4O3/c1-21(2,3)12-19(27)25-10-6-8-17(25)20(28)24-9-5-7-16(24)11-18(26)15-13-22-23(4)14-15/h13-14,16-17H,5-12H2,1-4H3. The number of carbonyl (C=O) groups is 3. The largest absolute Gasteiger partial charge is 0.337 e. The van der Waals surface area contributed by atoms with Gasteiger partial charge < -0.3 is 9.80 Å². The Morgan fingerprint density at radius 2 is 1.79 bits per heavy atom. The first kappa shape index (κ1) is 20.6. The minimum Gasteiger partial charge on any atom is -0.337 e. The Labute approximate surface area is 167 Å². The van der Waals surface area contributed by atoms with Gasteiger partial charge in [-0.1, -0.05) is 20.8 Å². The summed E-state index contributed by atoms with van der Waals surface area (Å²) in [5, 5.41) is 4.06. The molecule has 0 spiro atoms. The number of nitrogens with zero attached hydrogens (tertiary/aromatic N) is 4. The predicted octanol–water partition coefficient (Wildman–Crippen LogP) is 2.41. The second-order valence-corrected chi connectivity index (χ2v) is 9.34. The van der Waals surface area contributed by atoms with Crippen LogP contribution in [0, 0.1) is 5.41 Å². The minimum absolute atomic E-state index is 0.0150. The summed E-state index contributed by atoms with van der Waals surface area (Å²) in [5.41, 5.74) is 0.490. The van der Waals surface area contributed by atoms with Crippen molar-refractivity contribution >= 4 is 17.6 Å². The van der Waals surface area contributed by atoms with E-state index in [1.54, 1.807) is 29.0 Å². The van der Waals surface area contributed by atoms with Crippen molar-refractivity contribution in [3.63, 3.8) is 0 Å². The van der Waals surface area contributed by atoms with E-state index in [1.165, 1.54) is 0 Å². The molecule has 3 heterocycles. The molecule has 0 saturated carbocycles. The first-order valence-electron chi connectivity index (χ1n) is 10.3. The Bertz CT molecular complexity index is 749. The number of likely N-dealkylation sites (tertiary alicyclic amines) is 2. The van der Waals surface area contributed by atoms with Gasteiger partial charge in [-0.2, -0.15) is 5.10 Å². The second-order valence-electron chi connectivity index (χ2n) is 9.34. The van der Waals surface area contributed by atoms with E-state index in [1.807, 2.05) is 25.7 Å². The fourth-order valence-electron chi connectivity index (χ4n) is 4.30. The van der Waals surface area contributed by atoms with Crippen LogP contribution in [0.4, 0.5) is 0 Å². The monoisotopic (exact) mass is 388 g/mol. The number of hydrogen-bond donors (Lipinski definition) is 0. The highest BCUT2D eigenvalue weighted by atomic mass is 16.2. The Hall–Kier alpha value is -2.18. The number of rotatable bonds is 5. The molecule has 2 saturated heterocycles. The average Bonchev–Trinajstić information content (AvgIpc) is 3.32. The molecule has 28 heavy (non-hydrogen) atoms. The predicted molar refractivity (Wildman–Crippen MR) is 106 cm³/mol. The van der Waals surface area contributed by atoms with Crippen LogP contribution in [0.2, 0.25) is 0 Å². The summed E-state index contributed by atoms with van der Waals surface area (Å²) < 4.78 is 1.61. The van der Waals surface area contributed by atoms with E-state index in [0.717, 1.165) is 19.3 Å². The Morgan fingerprint density at radius 1 is 1.11 bits per heavy atom. The van der Waals surface area contributed by atoms with Crippen molar-refractivity contribution in [2.45, 2.75) is 71.4 Å². The van der Waals surface area contributed by atoms with Crippen molar-refractivity contribution in [3.8, 4) is 0 Å². The Balaban J connectivity index is 1.66. The molecular formula is C21H32N4O3. The van der Waals surface area contributed by atoms with Gasteiger partial charge in [-0.05, 0) is 31.1 Å². The fraction of sp³-hybridized carbons (Fsp3) is 0.714. The molecule has 2 atom stereocenters. The molecule has 1 aromatic rings. The van der Waals surface area contributed by atoms with Crippen LogP contribution < -0.4 is 0 Å². The summed E-state index contributed by atoms with van der Waals surface area (Å²) in [6, 6.07) is -0.454. The minimum atomic E-state index is -0.371. The summed E-state index contributed by atoms with van der Waals surface area (Å²) in [4.78, 5) is 42.2. The van der Waals surface area contributed by atoms with Gasteiger partial charge in [-0.25, -0.2) is 0 Å². The maximum Gasteiger partial charge on any atom is 0.245 e. The van der Waals surface area contributed by atoms with Gasteiger partial charge in [0.1, 0.15) is 6.04 Å². The molecule has 0 N–H and O–H groups in total. The summed E-state index contributed by atoms with van der Waals surface area (Å²) >= 11 is 0.